The van der Waals surface area contributed by atoms with Crippen LogP contribution in [0.1, 0.15) is 96.3 Å². The minimum atomic E-state index is -0.481. The zero-order valence-corrected chi connectivity index (χ0v) is 21.8. The van der Waals surface area contributed by atoms with Crippen LogP contribution >= 0.6 is 0 Å². The molecule has 0 aromatic carbocycles. The van der Waals surface area contributed by atoms with E-state index in [1.165, 1.54) is 6.08 Å². The normalized spacial score (nSPS) is 15.4. The second kappa shape index (κ2) is 15.1. The van der Waals surface area contributed by atoms with Crippen LogP contribution in [0.2, 0.25) is 0 Å². The van der Waals surface area contributed by atoms with E-state index in [0.29, 0.717) is 31.2 Å². The molecule has 0 radical (unpaired) electrons. The van der Waals surface area contributed by atoms with Crippen LogP contribution < -0.4 is 10.6 Å². The van der Waals surface area contributed by atoms with Crippen LogP contribution in [0.5, 0.6) is 0 Å². The number of hydrogen-bond acceptors (Lipinski definition) is 8. The van der Waals surface area contributed by atoms with Gasteiger partial charge in [-0.05, 0) is 46.5 Å². The molecule has 202 valence electrons. The average molecular weight is 508 g/mol. The van der Waals surface area contributed by atoms with Gasteiger partial charge in [0.05, 0.1) is 6.54 Å². The van der Waals surface area contributed by atoms with Crippen molar-refractivity contribution in [3.63, 3.8) is 0 Å². The van der Waals surface area contributed by atoms with Crippen molar-refractivity contribution in [1.29, 1.82) is 0 Å². The van der Waals surface area contributed by atoms with Gasteiger partial charge in [0, 0.05) is 19.5 Å². The van der Waals surface area contributed by atoms with Gasteiger partial charge in [0.15, 0.2) is 5.82 Å². The standard InChI is InChI=1S/C25H41N5O6/c1-5-17-34-24(33)30-16-12-13-19(30)22-28-20(29-36-22)18-27-21(31)14-10-8-6-7-9-11-15-26-23(32)35-25(2,3)4/h5,19H,1,6-18H2,2-4H3,(H,26,32)(H,27,31). The molecule has 1 aromatic rings. The predicted octanol–water partition coefficient (Wildman–Crippen LogP) is 4.40. The minimum Gasteiger partial charge on any atom is -0.445 e. The number of ether oxygens (including phenoxy) is 2. The van der Waals surface area contributed by atoms with Gasteiger partial charge >= 0.3 is 12.2 Å². The van der Waals surface area contributed by atoms with E-state index in [0.717, 1.165) is 51.4 Å². The molecular formula is C25H41N5O6. The van der Waals surface area contributed by atoms with Gasteiger partial charge in [-0.15, -0.1) is 0 Å². The molecule has 1 aromatic heterocycles. The van der Waals surface area contributed by atoms with Gasteiger partial charge < -0.3 is 24.6 Å². The van der Waals surface area contributed by atoms with Crippen LogP contribution in [0.15, 0.2) is 17.2 Å². The molecule has 1 saturated heterocycles. The van der Waals surface area contributed by atoms with Crippen molar-refractivity contribution in [2.24, 2.45) is 0 Å². The lowest BCUT2D eigenvalue weighted by molar-refractivity contribution is -0.121. The van der Waals surface area contributed by atoms with Crippen LogP contribution in [0.25, 0.3) is 0 Å². The van der Waals surface area contributed by atoms with Crippen molar-refractivity contribution in [3.05, 3.63) is 24.4 Å². The van der Waals surface area contributed by atoms with Gasteiger partial charge in [0.1, 0.15) is 18.2 Å². The van der Waals surface area contributed by atoms with Crippen molar-refractivity contribution in [2.45, 2.75) is 96.7 Å². The van der Waals surface area contributed by atoms with Gasteiger partial charge in [0.25, 0.3) is 0 Å². The molecule has 1 fully saturated rings. The summed E-state index contributed by atoms with van der Waals surface area (Å²) < 4.78 is 15.7. The van der Waals surface area contributed by atoms with E-state index in [-0.39, 0.29) is 31.2 Å². The van der Waals surface area contributed by atoms with Gasteiger partial charge in [-0.1, -0.05) is 43.5 Å². The first-order valence-corrected chi connectivity index (χ1v) is 12.8. The topological polar surface area (TPSA) is 136 Å². The highest BCUT2D eigenvalue weighted by molar-refractivity contribution is 5.75. The van der Waals surface area contributed by atoms with Crippen LogP contribution in [0.4, 0.5) is 9.59 Å². The molecule has 3 amide bonds. The summed E-state index contributed by atoms with van der Waals surface area (Å²) in [6.45, 7) is 10.6. The second-order valence-electron chi connectivity index (χ2n) is 9.84. The van der Waals surface area contributed by atoms with Crippen LogP contribution in [0, 0.1) is 0 Å². The third-order valence-electron chi connectivity index (χ3n) is 5.52. The van der Waals surface area contributed by atoms with E-state index in [2.05, 4.69) is 27.4 Å². The molecular weight excluding hydrogens is 466 g/mol. The second-order valence-corrected chi connectivity index (χ2v) is 9.84. The molecule has 1 atom stereocenters. The number of nitrogens with one attached hydrogen (secondary N) is 2. The fourth-order valence-corrected chi connectivity index (χ4v) is 3.82. The fourth-order valence-electron chi connectivity index (χ4n) is 3.82. The summed E-state index contributed by atoms with van der Waals surface area (Å²) in [4.78, 5) is 41.8. The highest BCUT2D eigenvalue weighted by atomic mass is 16.6. The Hall–Kier alpha value is -3.11. The summed E-state index contributed by atoms with van der Waals surface area (Å²) in [5.41, 5.74) is -0.481. The molecule has 11 heteroatoms. The first kappa shape index (κ1) is 29.1. The van der Waals surface area contributed by atoms with Gasteiger partial charge in [-0.2, -0.15) is 4.98 Å². The highest BCUT2D eigenvalue weighted by Gasteiger charge is 2.35. The monoisotopic (exact) mass is 507 g/mol. The number of rotatable bonds is 14. The van der Waals surface area contributed by atoms with Crippen molar-refractivity contribution < 1.29 is 28.4 Å². The Bertz CT molecular complexity index is 850. The summed E-state index contributed by atoms with van der Waals surface area (Å²) >= 11 is 0. The summed E-state index contributed by atoms with van der Waals surface area (Å²) in [5, 5.41) is 9.51. The number of nitrogens with zero attached hydrogens (tertiary/aromatic N) is 3. The van der Waals surface area contributed by atoms with E-state index in [1.807, 2.05) is 20.8 Å². The molecule has 0 saturated carbocycles. The SMILES string of the molecule is C=CCOC(=O)N1CCCC1c1nc(CNC(=O)CCCCCCCCNC(=O)OC(C)(C)C)no1. The molecule has 1 aliphatic heterocycles. The van der Waals surface area contributed by atoms with Crippen molar-refractivity contribution >= 4 is 18.1 Å². The summed E-state index contributed by atoms with van der Waals surface area (Å²) in [6.07, 6.45) is 8.50. The Morgan fingerprint density at radius 2 is 1.86 bits per heavy atom. The zero-order valence-electron chi connectivity index (χ0n) is 21.8. The number of alkyl carbamates (subject to hydrolysis) is 1. The molecule has 2 rings (SSSR count). The lowest BCUT2D eigenvalue weighted by Gasteiger charge is -2.20. The maximum atomic E-state index is 12.2. The largest absolute Gasteiger partial charge is 0.445 e. The number of unbranched alkanes of at least 4 members (excludes halogenated alkanes) is 5. The summed E-state index contributed by atoms with van der Waals surface area (Å²) in [5.74, 6) is 0.677. The minimum absolute atomic E-state index is 0.0570. The van der Waals surface area contributed by atoms with Crippen LogP contribution in [-0.2, 0) is 20.8 Å². The molecule has 11 nitrogen and oxygen atoms in total. The number of amides is 3. The predicted molar refractivity (Wildman–Crippen MR) is 133 cm³/mol. The zero-order chi connectivity index (χ0) is 26.4. The van der Waals surface area contributed by atoms with Crippen molar-refractivity contribution in [1.82, 2.24) is 25.7 Å². The molecule has 0 aliphatic carbocycles. The molecule has 0 bridgehead atoms. The molecule has 1 aliphatic rings. The van der Waals surface area contributed by atoms with E-state index in [4.69, 9.17) is 14.0 Å². The molecule has 1 unspecified atom stereocenters. The first-order valence-electron chi connectivity index (χ1n) is 12.8. The van der Waals surface area contributed by atoms with Gasteiger partial charge in [0.2, 0.25) is 11.8 Å². The number of aromatic nitrogens is 2. The molecule has 2 heterocycles. The van der Waals surface area contributed by atoms with E-state index >= 15 is 0 Å². The van der Waals surface area contributed by atoms with Gasteiger partial charge in [-0.25, -0.2) is 9.59 Å². The van der Waals surface area contributed by atoms with E-state index < -0.39 is 11.7 Å². The Balaban J connectivity index is 1.54. The van der Waals surface area contributed by atoms with Crippen molar-refractivity contribution in [3.8, 4) is 0 Å². The number of likely N-dealkylation sites (tertiary alicyclic amines) is 1. The molecule has 0 spiro atoms. The summed E-state index contributed by atoms with van der Waals surface area (Å²) in [6, 6.07) is -0.313. The Labute approximate surface area is 213 Å². The summed E-state index contributed by atoms with van der Waals surface area (Å²) in [7, 11) is 0. The smallest absolute Gasteiger partial charge is 0.410 e. The fraction of sp³-hybridized carbons (Fsp3) is 0.720. The van der Waals surface area contributed by atoms with Crippen molar-refractivity contribution in [2.75, 3.05) is 19.7 Å². The van der Waals surface area contributed by atoms with Crippen LogP contribution in [-0.4, -0.2) is 58.4 Å². The third kappa shape index (κ3) is 11.1. The van der Waals surface area contributed by atoms with E-state index in [1.54, 1.807) is 4.90 Å². The Kier molecular flexibility index (Phi) is 12.2. The highest BCUT2D eigenvalue weighted by Crippen LogP contribution is 2.31. The lowest BCUT2D eigenvalue weighted by Crippen LogP contribution is -2.32. The molecule has 36 heavy (non-hydrogen) atoms. The lowest BCUT2D eigenvalue weighted by atomic mass is 10.1. The first-order chi connectivity index (χ1) is 17.2. The Morgan fingerprint density at radius 1 is 1.14 bits per heavy atom. The van der Waals surface area contributed by atoms with Gasteiger partial charge in [-0.3, -0.25) is 9.69 Å². The number of carbonyl (C=O) groups is 3. The number of carbonyl (C=O) groups excluding carboxylic acids is 3. The van der Waals surface area contributed by atoms with Crippen LogP contribution in [0.3, 0.4) is 0 Å². The average Bonchev–Trinajstić information content (AvgIpc) is 3.48. The molecule has 2 N–H and O–H groups in total. The van der Waals surface area contributed by atoms with E-state index in [9.17, 15) is 14.4 Å². The maximum Gasteiger partial charge on any atom is 0.410 e. The third-order valence-corrected chi connectivity index (χ3v) is 5.52. The Morgan fingerprint density at radius 3 is 2.58 bits per heavy atom. The number of hydrogen-bond donors (Lipinski definition) is 2. The maximum absolute atomic E-state index is 12.2. The quantitative estimate of drug-likeness (QED) is 0.279.